The summed E-state index contributed by atoms with van der Waals surface area (Å²) in [7, 11) is 0. The fourth-order valence-corrected chi connectivity index (χ4v) is 2.64. The lowest BCUT2D eigenvalue weighted by Gasteiger charge is -2.34. The van der Waals surface area contributed by atoms with Crippen molar-refractivity contribution in [2.45, 2.75) is 24.5 Å². The Kier molecular flexibility index (Phi) is 4.74. The Bertz CT molecular complexity index is 490. The van der Waals surface area contributed by atoms with Crippen molar-refractivity contribution in [3.05, 3.63) is 34.3 Å². The Hall–Kier alpha value is -0.620. The molecule has 1 atom stereocenters. The van der Waals surface area contributed by atoms with E-state index in [9.17, 15) is 4.79 Å². The minimum atomic E-state index is -0.582. The molecule has 4 nitrogen and oxygen atoms in total. The van der Waals surface area contributed by atoms with Gasteiger partial charge in [-0.15, -0.1) is 12.4 Å². The Balaban J connectivity index is 0.00000147. The summed E-state index contributed by atoms with van der Waals surface area (Å²) in [5, 5.41) is 0. The Morgan fingerprint density at radius 1 is 1.35 bits per heavy atom. The van der Waals surface area contributed by atoms with E-state index in [1.54, 1.807) is 0 Å². The fourth-order valence-electron chi connectivity index (χ4n) is 2.38. The molecule has 0 bridgehead atoms. The number of nitrogens with two attached hydrogens (primary N) is 1. The van der Waals surface area contributed by atoms with E-state index < -0.39 is 5.54 Å². The third-order valence-corrected chi connectivity index (χ3v) is 4.34. The van der Waals surface area contributed by atoms with Crippen LogP contribution in [0.5, 0.6) is 0 Å². The summed E-state index contributed by atoms with van der Waals surface area (Å²) in [5.74, 6) is 0.0814. The van der Waals surface area contributed by atoms with E-state index in [0.29, 0.717) is 19.7 Å². The smallest absolute Gasteiger partial charge is 0.242 e. The first kappa shape index (κ1) is 15.8. The van der Waals surface area contributed by atoms with Gasteiger partial charge in [0.25, 0.3) is 0 Å². The van der Waals surface area contributed by atoms with Crippen LogP contribution in [0, 0.1) is 0 Å². The average Bonchev–Trinajstić information content (AvgIpc) is 3.18. The quantitative estimate of drug-likeness (QED) is 0.879. The van der Waals surface area contributed by atoms with Gasteiger partial charge in [0.05, 0.1) is 18.7 Å². The van der Waals surface area contributed by atoms with Gasteiger partial charge in [0, 0.05) is 11.0 Å². The minimum absolute atomic E-state index is 0. The van der Waals surface area contributed by atoms with Crippen molar-refractivity contribution < 1.29 is 9.53 Å². The average molecular weight is 362 g/mol. The van der Waals surface area contributed by atoms with E-state index in [4.69, 9.17) is 10.5 Å². The monoisotopic (exact) mass is 360 g/mol. The van der Waals surface area contributed by atoms with Crippen LogP contribution in [0.2, 0.25) is 0 Å². The zero-order valence-electron chi connectivity index (χ0n) is 11.0. The first-order chi connectivity index (χ1) is 9.08. The molecule has 6 heteroatoms. The number of carbonyl (C=O) groups is 1. The molecule has 0 radical (unpaired) electrons. The van der Waals surface area contributed by atoms with Gasteiger partial charge in [-0.25, -0.2) is 0 Å². The molecule has 1 aliphatic heterocycles. The lowest BCUT2D eigenvalue weighted by molar-refractivity contribution is -0.141. The molecule has 1 saturated carbocycles. The number of morpholine rings is 1. The standard InChI is InChI=1S/C14H17BrN2O2.ClH/c15-11-3-1-10(2-4-11)12-9-17(7-8-19-12)13(18)14(16)5-6-14;/h1-4,12H,5-9,16H2;1H. The Morgan fingerprint density at radius 2 is 2.00 bits per heavy atom. The van der Waals surface area contributed by atoms with Crippen molar-refractivity contribution in [3.63, 3.8) is 0 Å². The zero-order valence-corrected chi connectivity index (χ0v) is 13.5. The van der Waals surface area contributed by atoms with Crippen LogP contribution in [0.4, 0.5) is 0 Å². The number of benzene rings is 1. The number of rotatable bonds is 2. The summed E-state index contributed by atoms with van der Waals surface area (Å²) >= 11 is 3.42. The number of amides is 1. The van der Waals surface area contributed by atoms with Crippen molar-refractivity contribution in [2.24, 2.45) is 5.73 Å². The molecule has 1 aromatic rings. The van der Waals surface area contributed by atoms with E-state index in [1.807, 2.05) is 29.2 Å². The second-order valence-corrected chi connectivity index (χ2v) is 6.23. The van der Waals surface area contributed by atoms with E-state index in [2.05, 4.69) is 15.9 Å². The van der Waals surface area contributed by atoms with Crippen molar-refractivity contribution >= 4 is 34.2 Å². The summed E-state index contributed by atoms with van der Waals surface area (Å²) in [5.41, 5.74) is 6.50. The highest BCUT2D eigenvalue weighted by atomic mass is 79.9. The normalized spacial score (nSPS) is 23.9. The van der Waals surface area contributed by atoms with Crippen LogP contribution in [0.25, 0.3) is 0 Å². The minimum Gasteiger partial charge on any atom is -0.370 e. The molecule has 0 spiro atoms. The predicted molar refractivity (Wildman–Crippen MR) is 82.8 cm³/mol. The predicted octanol–water partition coefficient (Wildman–Crippen LogP) is 2.26. The number of ether oxygens (including phenoxy) is 1. The maximum absolute atomic E-state index is 12.3. The second kappa shape index (κ2) is 6.02. The largest absolute Gasteiger partial charge is 0.370 e. The van der Waals surface area contributed by atoms with Crippen LogP contribution in [0.1, 0.15) is 24.5 Å². The van der Waals surface area contributed by atoms with Gasteiger partial charge in [-0.3, -0.25) is 4.79 Å². The molecule has 1 aliphatic carbocycles. The summed E-state index contributed by atoms with van der Waals surface area (Å²) in [6, 6.07) is 8.03. The third kappa shape index (κ3) is 3.17. The summed E-state index contributed by atoms with van der Waals surface area (Å²) < 4.78 is 6.81. The fraction of sp³-hybridized carbons (Fsp3) is 0.500. The second-order valence-electron chi connectivity index (χ2n) is 5.32. The maximum atomic E-state index is 12.3. The molecule has 1 amide bonds. The van der Waals surface area contributed by atoms with E-state index in [-0.39, 0.29) is 24.4 Å². The van der Waals surface area contributed by atoms with Gasteiger partial charge in [-0.2, -0.15) is 0 Å². The summed E-state index contributed by atoms with van der Waals surface area (Å²) in [4.78, 5) is 14.1. The highest BCUT2D eigenvalue weighted by Gasteiger charge is 2.48. The third-order valence-electron chi connectivity index (χ3n) is 3.81. The van der Waals surface area contributed by atoms with Crippen LogP contribution in [-0.2, 0) is 9.53 Å². The number of carbonyl (C=O) groups excluding carboxylic acids is 1. The van der Waals surface area contributed by atoms with E-state index in [1.165, 1.54) is 0 Å². The lowest BCUT2D eigenvalue weighted by atomic mass is 10.1. The van der Waals surface area contributed by atoms with Crippen molar-refractivity contribution in [1.29, 1.82) is 0 Å². The highest BCUT2D eigenvalue weighted by Crippen LogP contribution is 2.35. The van der Waals surface area contributed by atoms with Crippen LogP contribution < -0.4 is 5.73 Å². The van der Waals surface area contributed by atoms with Crippen molar-refractivity contribution in [2.75, 3.05) is 19.7 Å². The number of halogens is 2. The molecule has 20 heavy (non-hydrogen) atoms. The number of nitrogens with zero attached hydrogens (tertiary/aromatic N) is 1. The van der Waals surface area contributed by atoms with Crippen molar-refractivity contribution in [1.82, 2.24) is 4.90 Å². The van der Waals surface area contributed by atoms with Crippen LogP contribution in [-0.4, -0.2) is 36.0 Å². The van der Waals surface area contributed by atoms with Crippen molar-refractivity contribution in [3.8, 4) is 0 Å². The van der Waals surface area contributed by atoms with E-state index in [0.717, 1.165) is 22.9 Å². The molecule has 0 aromatic heterocycles. The lowest BCUT2D eigenvalue weighted by Crippen LogP contribution is -2.50. The van der Waals surface area contributed by atoms with Gasteiger partial charge < -0.3 is 15.4 Å². The Labute approximate surface area is 133 Å². The van der Waals surface area contributed by atoms with Crippen LogP contribution in [0.3, 0.4) is 0 Å². The van der Waals surface area contributed by atoms with E-state index >= 15 is 0 Å². The molecule has 2 fully saturated rings. The van der Waals surface area contributed by atoms with Gasteiger partial charge in [0.1, 0.15) is 6.10 Å². The van der Waals surface area contributed by atoms with Crippen LogP contribution >= 0.6 is 28.3 Å². The molecule has 1 unspecified atom stereocenters. The Morgan fingerprint density at radius 3 is 2.60 bits per heavy atom. The summed E-state index contributed by atoms with van der Waals surface area (Å²) in [6.45, 7) is 1.81. The molecule has 2 N–H and O–H groups in total. The van der Waals surface area contributed by atoms with Gasteiger partial charge >= 0.3 is 0 Å². The van der Waals surface area contributed by atoms with Gasteiger partial charge in [-0.1, -0.05) is 28.1 Å². The SMILES string of the molecule is Cl.NC1(C(=O)N2CCOC(c3ccc(Br)cc3)C2)CC1. The number of hydrogen-bond acceptors (Lipinski definition) is 3. The molecule has 1 heterocycles. The van der Waals surface area contributed by atoms with Crippen LogP contribution in [0.15, 0.2) is 28.7 Å². The number of hydrogen-bond donors (Lipinski definition) is 1. The maximum Gasteiger partial charge on any atom is 0.242 e. The van der Waals surface area contributed by atoms with Gasteiger partial charge in [-0.05, 0) is 30.5 Å². The highest BCUT2D eigenvalue weighted by molar-refractivity contribution is 9.10. The first-order valence-electron chi connectivity index (χ1n) is 6.54. The van der Waals surface area contributed by atoms with Gasteiger partial charge in [0.2, 0.25) is 5.91 Å². The summed E-state index contributed by atoms with van der Waals surface area (Å²) in [6.07, 6.45) is 1.58. The molecular formula is C14H18BrClN2O2. The molecule has 2 aliphatic rings. The topological polar surface area (TPSA) is 55.6 Å². The molecule has 1 aromatic carbocycles. The first-order valence-corrected chi connectivity index (χ1v) is 7.33. The molecule has 110 valence electrons. The molecule has 3 rings (SSSR count). The molecule has 1 saturated heterocycles. The van der Waals surface area contributed by atoms with Gasteiger partial charge in [0.15, 0.2) is 0 Å². The zero-order chi connectivity index (χ0) is 13.5. The molecular weight excluding hydrogens is 344 g/mol.